The van der Waals surface area contributed by atoms with Gasteiger partial charge in [0.2, 0.25) is 0 Å². The van der Waals surface area contributed by atoms with E-state index in [-0.39, 0.29) is 0 Å². The van der Waals surface area contributed by atoms with E-state index in [2.05, 4.69) is 27.3 Å². The van der Waals surface area contributed by atoms with Gasteiger partial charge in [-0.3, -0.25) is 4.40 Å². The first-order valence-electron chi connectivity index (χ1n) is 6.64. The van der Waals surface area contributed by atoms with Crippen LogP contribution in [0.1, 0.15) is 28.5 Å². The molecule has 0 aliphatic carbocycles. The standard InChI is InChI=1S/C15H17N5/c1-10-13(8-12-6-4-3-5-7-12)15-19-18-14(9-16)20(15)11(2)17-10/h3-7H,8-9,16H2,1-2H3. The van der Waals surface area contributed by atoms with E-state index in [0.29, 0.717) is 6.54 Å². The van der Waals surface area contributed by atoms with Crippen molar-refractivity contribution in [3.8, 4) is 0 Å². The SMILES string of the molecule is Cc1nc(C)n2c(CN)nnc2c1Cc1ccccc1. The molecule has 0 amide bonds. The van der Waals surface area contributed by atoms with Gasteiger partial charge in [-0.25, -0.2) is 4.98 Å². The average Bonchev–Trinajstić information content (AvgIpc) is 2.89. The molecule has 3 aromatic rings. The summed E-state index contributed by atoms with van der Waals surface area (Å²) in [6.45, 7) is 4.33. The number of aryl methyl sites for hydroxylation is 2. The fraction of sp³-hybridized carbons (Fsp3) is 0.267. The molecule has 0 saturated heterocycles. The van der Waals surface area contributed by atoms with Crippen molar-refractivity contribution >= 4 is 5.65 Å². The molecular weight excluding hydrogens is 250 g/mol. The van der Waals surface area contributed by atoms with Crippen LogP contribution in [0.15, 0.2) is 30.3 Å². The number of rotatable bonds is 3. The molecule has 1 aromatic carbocycles. The molecule has 0 radical (unpaired) electrons. The van der Waals surface area contributed by atoms with Crippen LogP contribution < -0.4 is 5.73 Å². The van der Waals surface area contributed by atoms with Crippen molar-refractivity contribution in [3.63, 3.8) is 0 Å². The van der Waals surface area contributed by atoms with Gasteiger partial charge in [0, 0.05) is 17.7 Å². The minimum atomic E-state index is 0.359. The number of fused-ring (bicyclic) bond motifs is 1. The molecule has 3 rings (SSSR count). The summed E-state index contributed by atoms with van der Waals surface area (Å²) in [5, 5.41) is 8.47. The van der Waals surface area contributed by atoms with Crippen LogP contribution >= 0.6 is 0 Å². The number of hydrogen-bond donors (Lipinski definition) is 1. The van der Waals surface area contributed by atoms with Gasteiger partial charge in [0.1, 0.15) is 5.82 Å². The fourth-order valence-electron chi connectivity index (χ4n) is 2.51. The van der Waals surface area contributed by atoms with Gasteiger partial charge in [-0.15, -0.1) is 10.2 Å². The Morgan fingerprint density at radius 3 is 2.55 bits per heavy atom. The van der Waals surface area contributed by atoms with Crippen LogP contribution in [-0.2, 0) is 13.0 Å². The summed E-state index contributed by atoms with van der Waals surface area (Å²) in [6, 6.07) is 10.3. The van der Waals surface area contributed by atoms with Gasteiger partial charge in [-0.05, 0) is 19.4 Å². The molecule has 2 N–H and O–H groups in total. The van der Waals surface area contributed by atoms with Crippen molar-refractivity contribution in [1.29, 1.82) is 0 Å². The lowest BCUT2D eigenvalue weighted by molar-refractivity contribution is 0.836. The molecule has 0 unspecified atom stereocenters. The van der Waals surface area contributed by atoms with Gasteiger partial charge in [-0.1, -0.05) is 30.3 Å². The normalized spacial score (nSPS) is 11.2. The Bertz CT molecular complexity index is 746. The van der Waals surface area contributed by atoms with Crippen molar-refractivity contribution in [2.24, 2.45) is 5.73 Å². The molecule has 0 aliphatic rings. The topological polar surface area (TPSA) is 69.1 Å². The summed E-state index contributed by atoms with van der Waals surface area (Å²) in [7, 11) is 0. The maximum absolute atomic E-state index is 5.72. The zero-order valence-electron chi connectivity index (χ0n) is 11.7. The molecule has 0 bridgehead atoms. The van der Waals surface area contributed by atoms with Gasteiger partial charge in [0.15, 0.2) is 11.5 Å². The zero-order valence-corrected chi connectivity index (χ0v) is 11.7. The van der Waals surface area contributed by atoms with Gasteiger partial charge < -0.3 is 5.73 Å². The molecule has 2 heterocycles. The summed E-state index contributed by atoms with van der Waals surface area (Å²) in [5.74, 6) is 1.62. The van der Waals surface area contributed by atoms with E-state index in [0.717, 1.165) is 35.0 Å². The third kappa shape index (κ3) is 2.06. The van der Waals surface area contributed by atoms with Crippen LogP contribution in [0.4, 0.5) is 0 Å². The van der Waals surface area contributed by atoms with Crippen LogP contribution in [-0.4, -0.2) is 19.6 Å². The van der Waals surface area contributed by atoms with E-state index >= 15 is 0 Å². The molecule has 2 aromatic heterocycles. The van der Waals surface area contributed by atoms with Gasteiger partial charge >= 0.3 is 0 Å². The third-order valence-corrected chi connectivity index (χ3v) is 3.50. The highest BCUT2D eigenvalue weighted by Crippen LogP contribution is 2.19. The number of aromatic nitrogens is 4. The first-order valence-corrected chi connectivity index (χ1v) is 6.64. The number of nitrogens with two attached hydrogens (primary N) is 1. The molecule has 0 fully saturated rings. The second-order valence-corrected chi connectivity index (χ2v) is 4.86. The maximum atomic E-state index is 5.72. The molecule has 0 atom stereocenters. The van der Waals surface area contributed by atoms with Crippen LogP contribution in [0.5, 0.6) is 0 Å². The van der Waals surface area contributed by atoms with Crippen LogP contribution in [0.25, 0.3) is 5.65 Å². The lowest BCUT2D eigenvalue weighted by Crippen LogP contribution is -2.09. The molecular formula is C15H17N5. The van der Waals surface area contributed by atoms with Crippen LogP contribution in [0.3, 0.4) is 0 Å². The summed E-state index contributed by atoms with van der Waals surface area (Å²) < 4.78 is 1.95. The summed E-state index contributed by atoms with van der Waals surface area (Å²) in [6.07, 6.45) is 0.798. The van der Waals surface area contributed by atoms with Gasteiger partial charge in [-0.2, -0.15) is 0 Å². The Kier molecular flexibility index (Phi) is 3.20. The molecule has 20 heavy (non-hydrogen) atoms. The van der Waals surface area contributed by atoms with Crippen LogP contribution in [0.2, 0.25) is 0 Å². The highest BCUT2D eigenvalue weighted by atomic mass is 15.3. The van der Waals surface area contributed by atoms with E-state index in [1.165, 1.54) is 5.56 Å². The quantitative estimate of drug-likeness (QED) is 0.785. The second kappa shape index (κ2) is 5.02. The highest BCUT2D eigenvalue weighted by Gasteiger charge is 2.15. The number of nitrogens with zero attached hydrogens (tertiary/aromatic N) is 4. The Labute approximate surface area is 117 Å². The Morgan fingerprint density at radius 1 is 1.10 bits per heavy atom. The molecule has 0 saturated carbocycles. The van der Waals surface area contributed by atoms with E-state index in [1.54, 1.807) is 0 Å². The first kappa shape index (κ1) is 12.7. The molecule has 0 spiro atoms. The van der Waals surface area contributed by atoms with E-state index in [4.69, 9.17) is 5.73 Å². The number of hydrogen-bond acceptors (Lipinski definition) is 4. The maximum Gasteiger partial charge on any atom is 0.167 e. The predicted octanol–water partition coefficient (Wildman–Crippen LogP) is 1.79. The van der Waals surface area contributed by atoms with Crippen molar-refractivity contribution in [2.75, 3.05) is 0 Å². The number of benzene rings is 1. The van der Waals surface area contributed by atoms with Gasteiger partial charge in [0.05, 0.1) is 6.54 Å². The zero-order chi connectivity index (χ0) is 14.1. The molecule has 5 nitrogen and oxygen atoms in total. The largest absolute Gasteiger partial charge is 0.324 e. The van der Waals surface area contributed by atoms with Crippen molar-refractivity contribution in [2.45, 2.75) is 26.8 Å². The monoisotopic (exact) mass is 267 g/mol. The second-order valence-electron chi connectivity index (χ2n) is 4.86. The lowest BCUT2D eigenvalue weighted by Gasteiger charge is -2.10. The predicted molar refractivity (Wildman–Crippen MR) is 77.4 cm³/mol. The summed E-state index contributed by atoms with van der Waals surface area (Å²) in [5.41, 5.74) is 9.92. The van der Waals surface area contributed by atoms with Crippen molar-refractivity contribution in [1.82, 2.24) is 19.6 Å². The molecule has 102 valence electrons. The summed E-state index contributed by atoms with van der Waals surface area (Å²) >= 11 is 0. The third-order valence-electron chi connectivity index (χ3n) is 3.50. The van der Waals surface area contributed by atoms with E-state index < -0.39 is 0 Å². The Morgan fingerprint density at radius 2 is 1.85 bits per heavy atom. The molecule has 5 heteroatoms. The smallest absolute Gasteiger partial charge is 0.167 e. The van der Waals surface area contributed by atoms with Crippen molar-refractivity contribution < 1.29 is 0 Å². The first-order chi connectivity index (χ1) is 9.70. The van der Waals surface area contributed by atoms with E-state index in [1.807, 2.05) is 36.4 Å². The Balaban J connectivity index is 2.17. The average molecular weight is 267 g/mol. The highest BCUT2D eigenvalue weighted by molar-refractivity contribution is 5.52. The van der Waals surface area contributed by atoms with Crippen molar-refractivity contribution in [3.05, 3.63) is 58.8 Å². The Hall–Kier alpha value is -2.27. The van der Waals surface area contributed by atoms with E-state index in [9.17, 15) is 0 Å². The fourth-order valence-corrected chi connectivity index (χ4v) is 2.51. The minimum Gasteiger partial charge on any atom is -0.324 e. The van der Waals surface area contributed by atoms with Gasteiger partial charge in [0.25, 0.3) is 0 Å². The summed E-state index contributed by atoms with van der Waals surface area (Å²) in [4.78, 5) is 4.61. The molecule has 0 aliphatic heterocycles. The van der Waals surface area contributed by atoms with Crippen LogP contribution in [0, 0.1) is 13.8 Å². The minimum absolute atomic E-state index is 0.359. The lowest BCUT2D eigenvalue weighted by atomic mass is 10.0.